The van der Waals surface area contributed by atoms with Gasteiger partial charge in [0.25, 0.3) is 0 Å². The summed E-state index contributed by atoms with van der Waals surface area (Å²) in [5.41, 5.74) is 14.1. The third-order valence-electron chi connectivity index (χ3n) is 14.8. The zero-order valence-corrected chi connectivity index (χ0v) is 46.5. The van der Waals surface area contributed by atoms with Crippen molar-refractivity contribution in [2.45, 2.75) is 117 Å². The van der Waals surface area contributed by atoms with Crippen molar-refractivity contribution in [1.82, 2.24) is 9.55 Å². The fourth-order valence-electron chi connectivity index (χ4n) is 9.99. The number of ether oxygens (including phenoxy) is 1. The Morgan fingerprint density at radius 3 is 1.68 bits per heavy atom. The number of hydrogen-bond donors (Lipinski definition) is 0. The van der Waals surface area contributed by atoms with Crippen LogP contribution in [0.2, 0.25) is 0 Å². The molecule has 6 heteroatoms. The molecular formula is C66H67N4OPt-3. The van der Waals surface area contributed by atoms with Gasteiger partial charge >= 0.3 is 0 Å². The van der Waals surface area contributed by atoms with Crippen LogP contribution in [0.5, 0.6) is 11.5 Å². The van der Waals surface area contributed by atoms with E-state index in [2.05, 4.69) is 275 Å². The van der Waals surface area contributed by atoms with Crippen LogP contribution in [0.1, 0.15) is 129 Å². The molecule has 1 aliphatic heterocycles. The van der Waals surface area contributed by atoms with Gasteiger partial charge in [0.1, 0.15) is 5.82 Å². The number of nitrogens with zero attached hydrogens (tertiary/aromatic N) is 4. The molecule has 0 saturated heterocycles. The third-order valence-corrected chi connectivity index (χ3v) is 14.8. The van der Waals surface area contributed by atoms with E-state index in [1.165, 1.54) is 38.8 Å². The van der Waals surface area contributed by atoms with Gasteiger partial charge in [0.15, 0.2) is 0 Å². The van der Waals surface area contributed by atoms with Gasteiger partial charge in [-0.05, 0) is 97.5 Å². The second-order valence-corrected chi connectivity index (χ2v) is 23.6. The minimum Gasteiger partial charge on any atom is -0.509 e. The van der Waals surface area contributed by atoms with Crippen LogP contribution in [0.4, 0.5) is 22.7 Å². The summed E-state index contributed by atoms with van der Waals surface area (Å²) in [5, 5.41) is 2.27. The van der Waals surface area contributed by atoms with Gasteiger partial charge in [0.2, 0.25) is 0 Å². The summed E-state index contributed by atoms with van der Waals surface area (Å²) >= 11 is 0. The molecule has 7 aromatic carbocycles. The quantitative estimate of drug-likeness (QED) is 0.135. The second-order valence-electron chi connectivity index (χ2n) is 23.6. The molecule has 0 radical (unpaired) electrons. The number of anilines is 4. The summed E-state index contributed by atoms with van der Waals surface area (Å²) in [6.07, 6.45) is 1.92. The van der Waals surface area contributed by atoms with Gasteiger partial charge in [-0.1, -0.05) is 187 Å². The maximum Gasteiger partial charge on any atom is 0.135 e. The molecule has 0 bridgehead atoms. The molecule has 5 nitrogen and oxygen atoms in total. The average molecular weight is 1130 g/mol. The molecule has 0 amide bonds. The number of rotatable bonds is 9. The first-order valence-corrected chi connectivity index (χ1v) is 25.1. The van der Waals surface area contributed by atoms with Crippen LogP contribution in [0.3, 0.4) is 0 Å². The van der Waals surface area contributed by atoms with Crippen molar-refractivity contribution < 1.29 is 25.8 Å². The summed E-state index contributed by atoms with van der Waals surface area (Å²) in [7, 11) is 0. The van der Waals surface area contributed by atoms with E-state index < -0.39 is 0 Å². The summed E-state index contributed by atoms with van der Waals surface area (Å²) in [5.74, 6) is 2.08. The van der Waals surface area contributed by atoms with Crippen molar-refractivity contribution >= 4 is 44.6 Å². The van der Waals surface area contributed by atoms with E-state index in [9.17, 15) is 0 Å². The topological polar surface area (TPSA) is 33.5 Å². The molecule has 0 atom stereocenters. The SMILES string of the molecule is CC(C)(C)c1cc(Oc2[c-]c3c(cc2)c2cc(C(C)(C)C)ccc2n3-c2cc(C(C)(C)C)ccn2)[c-]c(N2[CH-]N(c3cccc(C(C)(C)c4ccccc4)c3)c3cc(C(C)(C)c4ccccc4)ccc32)c1.[Pt]. The Kier molecular flexibility index (Phi) is 13.0. The minimum absolute atomic E-state index is 0. The fraction of sp³-hybridized carbons (Fsp3) is 0.273. The van der Waals surface area contributed by atoms with Crippen LogP contribution in [-0.2, 0) is 48.1 Å². The zero-order chi connectivity index (χ0) is 50.3. The molecule has 370 valence electrons. The van der Waals surface area contributed by atoms with E-state index >= 15 is 0 Å². The van der Waals surface area contributed by atoms with E-state index in [0.29, 0.717) is 11.5 Å². The molecule has 2 aromatic heterocycles. The zero-order valence-electron chi connectivity index (χ0n) is 44.2. The molecular weight excluding hydrogens is 1060 g/mol. The Morgan fingerprint density at radius 2 is 1.04 bits per heavy atom. The number of benzene rings is 7. The first-order chi connectivity index (χ1) is 33.6. The summed E-state index contributed by atoms with van der Waals surface area (Å²) in [4.78, 5) is 9.59. The number of aromatic nitrogens is 2. The largest absolute Gasteiger partial charge is 0.509 e. The van der Waals surface area contributed by atoms with Crippen LogP contribution in [0.15, 0.2) is 164 Å². The molecule has 0 N–H and O–H groups in total. The average Bonchev–Trinajstić information content (AvgIpc) is 3.89. The normalized spacial score (nSPS) is 13.4. The van der Waals surface area contributed by atoms with Crippen LogP contribution in [-0.4, -0.2) is 9.55 Å². The van der Waals surface area contributed by atoms with Gasteiger partial charge in [-0.3, -0.25) is 0 Å². The first kappa shape index (κ1) is 50.5. The van der Waals surface area contributed by atoms with Gasteiger partial charge in [-0.2, -0.15) is 6.07 Å². The predicted molar refractivity (Wildman–Crippen MR) is 297 cm³/mol. The van der Waals surface area contributed by atoms with E-state index in [1.54, 1.807) is 0 Å². The molecule has 0 unspecified atom stereocenters. The smallest absolute Gasteiger partial charge is 0.135 e. The Morgan fingerprint density at radius 1 is 0.444 bits per heavy atom. The van der Waals surface area contributed by atoms with Crippen LogP contribution < -0.4 is 14.5 Å². The number of hydrogen-bond acceptors (Lipinski definition) is 4. The maximum atomic E-state index is 6.97. The summed E-state index contributed by atoms with van der Waals surface area (Å²) in [6.45, 7) is 31.8. The Balaban J connectivity index is 0.00000640. The minimum atomic E-state index is -0.241. The Bertz CT molecular complexity index is 3440. The van der Waals surface area contributed by atoms with Crippen molar-refractivity contribution in [2.75, 3.05) is 9.80 Å². The van der Waals surface area contributed by atoms with E-state index in [-0.39, 0.29) is 48.1 Å². The standard InChI is InChI=1S/C66H67N4O.Pt/c1-62(2,3)46-27-31-57-56(38-46)55-30-29-53(42-59(55)70(57)61-40-47(33-34-67-61)63(4,5)6)71-54-37-50(64(7,8)9)36-52(41-54)69-43-68(51-26-20-25-48(35-51)65(10,11)44-21-16-14-17-22-44)60-39-49(28-32-58(60)69)66(12,13)45-23-18-15-19-24-45;/h14-40,43H,1-13H3;/q-3;. The predicted octanol–water partition coefficient (Wildman–Crippen LogP) is 17.5. The van der Waals surface area contributed by atoms with Crippen molar-refractivity contribution in [3.8, 4) is 17.3 Å². The molecule has 0 aliphatic carbocycles. The van der Waals surface area contributed by atoms with E-state index in [4.69, 9.17) is 9.72 Å². The molecule has 0 fully saturated rings. The van der Waals surface area contributed by atoms with Crippen LogP contribution in [0.25, 0.3) is 27.6 Å². The van der Waals surface area contributed by atoms with Gasteiger partial charge in [-0.25, -0.2) is 4.98 Å². The molecule has 9 aromatic rings. The van der Waals surface area contributed by atoms with Gasteiger partial charge in [0, 0.05) is 72.2 Å². The summed E-state index contributed by atoms with van der Waals surface area (Å²) in [6, 6.07) is 64.8. The molecule has 0 spiro atoms. The molecule has 1 aliphatic rings. The number of fused-ring (bicyclic) bond motifs is 4. The van der Waals surface area contributed by atoms with E-state index in [1.807, 2.05) is 12.3 Å². The maximum absolute atomic E-state index is 6.97. The molecule has 10 rings (SSSR count). The van der Waals surface area contributed by atoms with E-state index in [0.717, 1.165) is 50.6 Å². The van der Waals surface area contributed by atoms with Crippen molar-refractivity contribution in [3.05, 3.63) is 222 Å². The first-order valence-electron chi connectivity index (χ1n) is 25.1. The molecule has 72 heavy (non-hydrogen) atoms. The monoisotopic (exact) mass is 1130 g/mol. The molecule has 0 saturated carbocycles. The summed E-state index contributed by atoms with van der Waals surface area (Å²) < 4.78 is 9.22. The van der Waals surface area contributed by atoms with Crippen molar-refractivity contribution in [2.24, 2.45) is 0 Å². The van der Waals surface area contributed by atoms with Gasteiger partial charge in [0.05, 0.1) is 0 Å². The molecule has 3 heterocycles. The van der Waals surface area contributed by atoms with Crippen molar-refractivity contribution in [3.63, 3.8) is 0 Å². The Labute approximate surface area is 443 Å². The second kappa shape index (κ2) is 18.6. The Hall–Kier alpha value is -6.42. The van der Waals surface area contributed by atoms with Gasteiger partial charge < -0.3 is 19.1 Å². The van der Waals surface area contributed by atoms with Crippen LogP contribution in [0, 0.1) is 18.8 Å². The van der Waals surface area contributed by atoms with Crippen molar-refractivity contribution in [1.29, 1.82) is 0 Å². The third kappa shape index (κ3) is 9.42. The van der Waals surface area contributed by atoms with Gasteiger partial charge in [-0.15, -0.1) is 53.6 Å². The van der Waals surface area contributed by atoms with Crippen LogP contribution >= 0.6 is 0 Å². The fourth-order valence-corrected chi connectivity index (χ4v) is 9.99. The number of pyridine rings is 1.